The van der Waals surface area contributed by atoms with E-state index in [4.69, 9.17) is 14.4 Å². The lowest BCUT2D eigenvalue weighted by molar-refractivity contribution is 0.673. The summed E-state index contributed by atoms with van der Waals surface area (Å²) < 4.78 is 11.4. The van der Waals surface area contributed by atoms with E-state index in [0.717, 1.165) is 65.9 Å². The quantitative estimate of drug-likeness (QED) is 0.194. The molecule has 0 saturated heterocycles. The molecule has 47 heavy (non-hydrogen) atoms. The van der Waals surface area contributed by atoms with Gasteiger partial charge in [-0.25, -0.2) is 9.97 Å². The second-order valence-electron chi connectivity index (χ2n) is 12.1. The van der Waals surface area contributed by atoms with Crippen molar-refractivity contribution in [2.24, 2.45) is 0 Å². The van der Waals surface area contributed by atoms with Gasteiger partial charge in [0.25, 0.3) is 0 Å². The fourth-order valence-corrected chi connectivity index (χ4v) is 8.80. The maximum Gasteiger partial charge on any atom is 0.235 e. The Morgan fingerprint density at radius 1 is 0.532 bits per heavy atom. The average molecular weight is 618 g/mol. The van der Waals surface area contributed by atoms with Crippen LogP contribution in [0.5, 0.6) is 0 Å². The topological polar surface area (TPSA) is 43.9 Å². The first-order valence-electron chi connectivity index (χ1n) is 15.8. The first-order chi connectivity index (χ1) is 23.3. The molecule has 11 rings (SSSR count). The number of thiophene rings is 1. The van der Waals surface area contributed by atoms with Crippen molar-refractivity contribution >= 4 is 96.9 Å². The largest absolute Gasteiger partial charge is 0.455 e. The summed E-state index contributed by atoms with van der Waals surface area (Å²) in [5.41, 5.74) is 6.81. The van der Waals surface area contributed by atoms with Crippen LogP contribution in [-0.4, -0.2) is 14.5 Å². The van der Waals surface area contributed by atoms with Crippen LogP contribution in [0.15, 0.2) is 144 Å². The molecule has 218 valence electrons. The van der Waals surface area contributed by atoms with Crippen molar-refractivity contribution in [2.75, 3.05) is 0 Å². The number of hydrogen-bond donors (Lipinski definition) is 0. The lowest BCUT2D eigenvalue weighted by Gasteiger charge is -2.12. The zero-order chi connectivity index (χ0) is 30.6. The van der Waals surface area contributed by atoms with Crippen LogP contribution in [0.1, 0.15) is 0 Å². The molecule has 0 unspecified atom stereocenters. The fraction of sp³-hybridized carbons (Fsp3) is 0. The van der Waals surface area contributed by atoms with Crippen LogP contribution in [0.4, 0.5) is 0 Å². The number of fused-ring (bicyclic) bond motifs is 13. The van der Waals surface area contributed by atoms with E-state index in [0.29, 0.717) is 5.95 Å². The van der Waals surface area contributed by atoms with Crippen molar-refractivity contribution in [3.05, 3.63) is 140 Å². The molecule has 4 aromatic heterocycles. The normalized spacial score (nSPS) is 12.3. The fourth-order valence-electron chi connectivity index (χ4n) is 7.56. The highest BCUT2D eigenvalue weighted by Gasteiger charge is 2.22. The van der Waals surface area contributed by atoms with E-state index in [1.54, 1.807) is 0 Å². The first kappa shape index (κ1) is 25.2. The molecule has 0 aliphatic heterocycles. The molecule has 0 aliphatic carbocycles. The average Bonchev–Trinajstić information content (AvgIpc) is 3.81. The van der Waals surface area contributed by atoms with Gasteiger partial charge in [0.1, 0.15) is 11.2 Å². The highest BCUT2D eigenvalue weighted by Crippen LogP contribution is 2.44. The molecule has 0 radical (unpaired) electrons. The van der Waals surface area contributed by atoms with Crippen LogP contribution in [0.2, 0.25) is 0 Å². The minimum absolute atomic E-state index is 0.658. The Morgan fingerprint density at radius 2 is 1.28 bits per heavy atom. The van der Waals surface area contributed by atoms with Crippen LogP contribution < -0.4 is 0 Å². The van der Waals surface area contributed by atoms with E-state index in [1.165, 1.54) is 30.9 Å². The third kappa shape index (κ3) is 3.41. The molecule has 0 amide bonds. The van der Waals surface area contributed by atoms with Gasteiger partial charge in [-0.15, -0.1) is 11.3 Å². The molecule has 5 heteroatoms. The number of aromatic nitrogens is 3. The van der Waals surface area contributed by atoms with Crippen LogP contribution in [0, 0.1) is 0 Å². The Morgan fingerprint density at radius 3 is 2.21 bits per heavy atom. The summed E-state index contributed by atoms with van der Waals surface area (Å²) in [5.74, 6) is 0.658. The Bertz CT molecular complexity index is 3090. The van der Waals surface area contributed by atoms with Crippen molar-refractivity contribution in [2.45, 2.75) is 0 Å². The Balaban J connectivity index is 1.28. The smallest absolute Gasteiger partial charge is 0.235 e. The monoisotopic (exact) mass is 617 g/mol. The highest BCUT2D eigenvalue weighted by atomic mass is 32.1. The van der Waals surface area contributed by atoms with Crippen LogP contribution >= 0.6 is 11.3 Å². The van der Waals surface area contributed by atoms with Gasteiger partial charge < -0.3 is 4.42 Å². The van der Waals surface area contributed by atoms with E-state index >= 15 is 0 Å². The number of para-hydroxylation sites is 2. The minimum atomic E-state index is 0.658. The van der Waals surface area contributed by atoms with Crippen molar-refractivity contribution in [3.8, 4) is 17.2 Å². The lowest BCUT2D eigenvalue weighted by atomic mass is 9.99. The molecular formula is C42H23N3OS. The van der Waals surface area contributed by atoms with E-state index in [-0.39, 0.29) is 0 Å². The van der Waals surface area contributed by atoms with Crippen molar-refractivity contribution in [1.82, 2.24) is 14.5 Å². The zero-order valence-corrected chi connectivity index (χ0v) is 25.8. The van der Waals surface area contributed by atoms with E-state index in [9.17, 15) is 0 Å². The van der Waals surface area contributed by atoms with E-state index in [1.807, 2.05) is 11.3 Å². The van der Waals surface area contributed by atoms with Gasteiger partial charge in [0, 0.05) is 53.4 Å². The van der Waals surface area contributed by atoms with E-state index < -0.39 is 0 Å². The lowest BCUT2D eigenvalue weighted by Crippen LogP contribution is -2.03. The van der Waals surface area contributed by atoms with Gasteiger partial charge in [0.15, 0.2) is 0 Å². The van der Waals surface area contributed by atoms with Gasteiger partial charge in [-0.05, 0) is 35.7 Å². The summed E-state index contributed by atoms with van der Waals surface area (Å²) in [6.45, 7) is 0. The van der Waals surface area contributed by atoms with E-state index in [2.05, 4.69) is 144 Å². The second-order valence-corrected chi connectivity index (χ2v) is 13.2. The first-order valence-corrected chi connectivity index (χ1v) is 16.6. The molecule has 7 aromatic carbocycles. The summed E-state index contributed by atoms with van der Waals surface area (Å²) >= 11 is 1.84. The number of rotatable bonds is 2. The molecule has 11 aromatic rings. The van der Waals surface area contributed by atoms with Crippen molar-refractivity contribution in [1.29, 1.82) is 0 Å². The second kappa shape index (κ2) is 9.25. The third-order valence-electron chi connectivity index (χ3n) is 9.61. The summed E-state index contributed by atoms with van der Waals surface area (Å²) in [7, 11) is 0. The third-order valence-corrected chi connectivity index (χ3v) is 10.8. The maximum absolute atomic E-state index is 6.59. The van der Waals surface area contributed by atoms with Crippen LogP contribution in [0.3, 0.4) is 0 Å². The van der Waals surface area contributed by atoms with Gasteiger partial charge in [-0.1, -0.05) is 109 Å². The zero-order valence-electron chi connectivity index (χ0n) is 24.9. The molecule has 0 aliphatic rings. The van der Waals surface area contributed by atoms with Gasteiger partial charge in [-0.3, -0.25) is 4.57 Å². The molecule has 0 spiro atoms. The Kier molecular flexibility index (Phi) is 4.96. The van der Waals surface area contributed by atoms with Gasteiger partial charge in [0.05, 0.1) is 26.9 Å². The molecular weight excluding hydrogens is 595 g/mol. The summed E-state index contributed by atoms with van der Waals surface area (Å²) in [6, 6.07) is 49.2. The number of furan rings is 1. The van der Waals surface area contributed by atoms with Crippen molar-refractivity contribution in [3.63, 3.8) is 0 Å². The van der Waals surface area contributed by atoms with Gasteiger partial charge >= 0.3 is 0 Å². The molecule has 4 nitrogen and oxygen atoms in total. The standard InChI is InChI=1S/C42H23N3OS/c1-2-11-25-24(10-1)20-21-32-37-31(15-9-18-35(37)46-40(25)32)38-30-14-3-6-16-33(30)43-42(44-38)45-34-17-7-4-12-26(34)28-22-23-29-27-13-5-8-19-36(27)47-41(29)39(28)45/h1-23H. The molecule has 0 saturated carbocycles. The van der Waals surface area contributed by atoms with Crippen molar-refractivity contribution < 1.29 is 4.42 Å². The molecule has 4 heterocycles. The molecule has 0 N–H and O–H groups in total. The van der Waals surface area contributed by atoms with Crippen LogP contribution in [0.25, 0.3) is 103 Å². The highest BCUT2D eigenvalue weighted by molar-refractivity contribution is 7.26. The number of benzene rings is 7. The predicted molar refractivity (Wildman–Crippen MR) is 197 cm³/mol. The summed E-state index contributed by atoms with van der Waals surface area (Å²) in [6.07, 6.45) is 0. The molecule has 0 bridgehead atoms. The Labute approximate surface area is 271 Å². The SMILES string of the molecule is c1ccc2c(c1)ccc1c2oc2cccc(-c3nc(-n4c5ccccc5c5ccc6c7ccccc7sc6c54)nc4ccccc34)c21. The molecule has 0 atom stereocenters. The number of hydrogen-bond acceptors (Lipinski definition) is 4. The summed E-state index contributed by atoms with van der Waals surface area (Å²) in [4.78, 5) is 10.8. The van der Waals surface area contributed by atoms with Gasteiger partial charge in [-0.2, -0.15) is 0 Å². The van der Waals surface area contributed by atoms with Crippen LogP contribution in [-0.2, 0) is 0 Å². The van der Waals surface area contributed by atoms with Gasteiger partial charge in [0.2, 0.25) is 5.95 Å². The predicted octanol–water partition coefficient (Wildman–Crippen LogP) is 11.8. The Hall–Kier alpha value is -6.04. The molecule has 0 fully saturated rings. The summed E-state index contributed by atoms with van der Waals surface area (Å²) in [5, 5.41) is 10.4. The maximum atomic E-state index is 6.59. The minimum Gasteiger partial charge on any atom is -0.455 e. The number of nitrogens with zero attached hydrogens (tertiary/aromatic N) is 3.